The van der Waals surface area contributed by atoms with Crippen molar-refractivity contribution in [3.8, 4) is 0 Å². The monoisotopic (exact) mass is 378 g/mol. The number of furan rings is 1. The lowest BCUT2D eigenvalue weighted by atomic mass is 10.0. The molecule has 1 fully saturated rings. The van der Waals surface area contributed by atoms with Crippen LogP contribution in [0.25, 0.3) is 0 Å². The van der Waals surface area contributed by atoms with Crippen molar-refractivity contribution in [2.75, 3.05) is 24.6 Å². The second kappa shape index (κ2) is 7.66. The van der Waals surface area contributed by atoms with Gasteiger partial charge in [0, 0.05) is 23.7 Å². The fourth-order valence-electron chi connectivity index (χ4n) is 3.35. The van der Waals surface area contributed by atoms with Crippen molar-refractivity contribution < 1.29 is 18.9 Å². The zero-order chi connectivity index (χ0) is 19.5. The molecule has 0 aliphatic carbocycles. The average molecular weight is 378 g/mol. The fraction of sp³-hybridized carbons (Fsp3) is 0.190. The Bertz CT molecular complexity index is 985. The van der Waals surface area contributed by atoms with E-state index in [4.69, 9.17) is 9.15 Å². The Labute approximate surface area is 161 Å². The van der Waals surface area contributed by atoms with Gasteiger partial charge in [0.1, 0.15) is 17.6 Å². The number of nitro benzene ring substituents is 1. The molecule has 0 N–H and O–H groups in total. The summed E-state index contributed by atoms with van der Waals surface area (Å²) < 4.78 is 11.1. The number of hydrogen-bond acceptors (Lipinski definition) is 6. The third-order valence-electron chi connectivity index (χ3n) is 4.74. The first-order chi connectivity index (χ1) is 13.6. The number of rotatable bonds is 5. The molecule has 0 spiro atoms. The van der Waals surface area contributed by atoms with Gasteiger partial charge in [-0.05, 0) is 24.3 Å². The summed E-state index contributed by atoms with van der Waals surface area (Å²) >= 11 is 0. The maximum absolute atomic E-state index is 12.6. The van der Waals surface area contributed by atoms with Crippen molar-refractivity contribution in [3.63, 3.8) is 0 Å². The minimum Gasteiger partial charge on any atom is -0.467 e. The van der Waals surface area contributed by atoms with Gasteiger partial charge in [0.15, 0.2) is 5.78 Å². The highest BCUT2D eigenvalue weighted by Gasteiger charge is 2.29. The Kier molecular flexibility index (Phi) is 4.90. The predicted molar refractivity (Wildman–Crippen MR) is 103 cm³/mol. The van der Waals surface area contributed by atoms with Gasteiger partial charge in [0.2, 0.25) is 0 Å². The maximum atomic E-state index is 12.6. The Hall–Kier alpha value is -3.45. The fourth-order valence-corrected chi connectivity index (χ4v) is 3.35. The SMILES string of the molecule is O=C(c1ccccc1)c1ccc(N2CCOC(c3ccco3)C2)c([N+](=O)[O-])c1. The minimum atomic E-state index is -0.450. The van der Waals surface area contributed by atoms with Crippen LogP contribution in [0.2, 0.25) is 0 Å². The molecule has 0 bridgehead atoms. The molecular weight excluding hydrogens is 360 g/mol. The molecule has 0 amide bonds. The summed E-state index contributed by atoms with van der Waals surface area (Å²) in [6.07, 6.45) is 1.28. The lowest BCUT2D eigenvalue weighted by molar-refractivity contribution is -0.384. The van der Waals surface area contributed by atoms with Gasteiger partial charge in [-0.25, -0.2) is 0 Å². The standard InChI is InChI=1S/C21H18N2O5/c24-21(15-5-2-1-3-6-15)16-8-9-17(18(13-16)23(25)26)22-10-12-28-20(14-22)19-7-4-11-27-19/h1-9,11,13,20H,10,12,14H2. The van der Waals surface area contributed by atoms with E-state index in [0.29, 0.717) is 36.7 Å². The highest BCUT2D eigenvalue weighted by Crippen LogP contribution is 2.33. The summed E-state index contributed by atoms with van der Waals surface area (Å²) in [6, 6.07) is 17.0. The third kappa shape index (κ3) is 3.52. The van der Waals surface area contributed by atoms with Crippen LogP contribution in [0.5, 0.6) is 0 Å². The largest absolute Gasteiger partial charge is 0.467 e. The smallest absolute Gasteiger partial charge is 0.293 e. The molecule has 0 radical (unpaired) electrons. The van der Waals surface area contributed by atoms with Crippen LogP contribution in [0, 0.1) is 10.1 Å². The van der Waals surface area contributed by atoms with Gasteiger partial charge in [-0.3, -0.25) is 14.9 Å². The number of anilines is 1. The highest BCUT2D eigenvalue weighted by atomic mass is 16.6. The van der Waals surface area contributed by atoms with E-state index >= 15 is 0 Å². The van der Waals surface area contributed by atoms with Crippen LogP contribution < -0.4 is 4.90 Å². The van der Waals surface area contributed by atoms with Gasteiger partial charge < -0.3 is 14.1 Å². The van der Waals surface area contributed by atoms with E-state index in [0.717, 1.165) is 0 Å². The topological polar surface area (TPSA) is 85.8 Å². The first kappa shape index (κ1) is 17.9. The summed E-state index contributed by atoms with van der Waals surface area (Å²) in [5, 5.41) is 11.7. The molecule has 7 heteroatoms. The highest BCUT2D eigenvalue weighted by molar-refractivity contribution is 6.09. The van der Waals surface area contributed by atoms with Crippen molar-refractivity contribution in [2.45, 2.75) is 6.10 Å². The van der Waals surface area contributed by atoms with E-state index in [2.05, 4.69) is 0 Å². The van der Waals surface area contributed by atoms with Crippen LogP contribution in [0.1, 0.15) is 27.8 Å². The van der Waals surface area contributed by atoms with Gasteiger partial charge in [-0.1, -0.05) is 30.3 Å². The predicted octanol–water partition coefficient (Wildman–Crippen LogP) is 4.00. The lowest BCUT2D eigenvalue weighted by Crippen LogP contribution is -2.38. The number of morpholine rings is 1. The second-order valence-electron chi connectivity index (χ2n) is 6.48. The molecule has 2 aromatic carbocycles. The number of benzene rings is 2. The molecule has 142 valence electrons. The molecular formula is C21H18N2O5. The third-order valence-corrected chi connectivity index (χ3v) is 4.74. The maximum Gasteiger partial charge on any atom is 0.293 e. The molecule has 0 saturated carbocycles. The summed E-state index contributed by atoms with van der Waals surface area (Å²) in [7, 11) is 0. The summed E-state index contributed by atoms with van der Waals surface area (Å²) in [5.74, 6) is 0.439. The minimum absolute atomic E-state index is 0.0955. The van der Waals surface area contributed by atoms with Gasteiger partial charge in [-0.2, -0.15) is 0 Å². The number of carbonyl (C=O) groups is 1. The van der Waals surface area contributed by atoms with E-state index in [1.54, 1.807) is 48.7 Å². The first-order valence-corrected chi connectivity index (χ1v) is 8.91. The van der Waals surface area contributed by atoms with Crippen molar-refractivity contribution in [2.24, 2.45) is 0 Å². The van der Waals surface area contributed by atoms with E-state index in [1.807, 2.05) is 17.0 Å². The molecule has 4 rings (SSSR count). The van der Waals surface area contributed by atoms with Crippen LogP contribution in [0.4, 0.5) is 11.4 Å². The summed E-state index contributed by atoms with van der Waals surface area (Å²) in [5.41, 5.74) is 1.16. The Morgan fingerprint density at radius 3 is 2.61 bits per heavy atom. The molecule has 28 heavy (non-hydrogen) atoms. The second-order valence-corrected chi connectivity index (χ2v) is 6.48. The Morgan fingerprint density at radius 2 is 1.89 bits per heavy atom. The van der Waals surface area contributed by atoms with E-state index in [1.165, 1.54) is 6.07 Å². The number of nitro groups is 1. The lowest BCUT2D eigenvalue weighted by Gasteiger charge is -2.33. The molecule has 1 saturated heterocycles. The zero-order valence-electron chi connectivity index (χ0n) is 15.0. The van der Waals surface area contributed by atoms with Crippen molar-refractivity contribution in [1.82, 2.24) is 0 Å². The molecule has 1 atom stereocenters. The van der Waals surface area contributed by atoms with Crippen LogP contribution in [-0.2, 0) is 4.74 Å². The molecule has 1 aromatic heterocycles. The van der Waals surface area contributed by atoms with Crippen molar-refractivity contribution >= 4 is 17.2 Å². The van der Waals surface area contributed by atoms with Gasteiger partial charge >= 0.3 is 0 Å². The van der Waals surface area contributed by atoms with Crippen LogP contribution in [-0.4, -0.2) is 30.4 Å². The number of carbonyl (C=O) groups excluding carboxylic acids is 1. The quantitative estimate of drug-likeness (QED) is 0.379. The molecule has 3 aromatic rings. The number of hydrogen-bond donors (Lipinski definition) is 0. The van der Waals surface area contributed by atoms with E-state index in [-0.39, 0.29) is 23.1 Å². The number of ether oxygens (including phenoxy) is 1. The number of nitrogens with zero attached hydrogens (tertiary/aromatic N) is 2. The van der Waals surface area contributed by atoms with Gasteiger partial charge in [0.25, 0.3) is 5.69 Å². The van der Waals surface area contributed by atoms with Crippen LogP contribution >= 0.6 is 0 Å². The number of ketones is 1. The normalized spacial score (nSPS) is 16.7. The van der Waals surface area contributed by atoms with Crippen molar-refractivity contribution in [1.29, 1.82) is 0 Å². The van der Waals surface area contributed by atoms with Gasteiger partial charge in [-0.15, -0.1) is 0 Å². The average Bonchev–Trinajstić information content (AvgIpc) is 3.28. The molecule has 2 heterocycles. The summed E-state index contributed by atoms with van der Waals surface area (Å²) in [4.78, 5) is 25.8. The Morgan fingerprint density at radius 1 is 1.07 bits per heavy atom. The van der Waals surface area contributed by atoms with Crippen LogP contribution in [0.15, 0.2) is 71.3 Å². The van der Waals surface area contributed by atoms with E-state index in [9.17, 15) is 14.9 Å². The van der Waals surface area contributed by atoms with Gasteiger partial charge in [0.05, 0.1) is 24.3 Å². The zero-order valence-corrected chi connectivity index (χ0v) is 15.0. The molecule has 7 nitrogen and oxygen atoms in total. The first-order valence-electron chi connectivity index (χ1n) is 8.91. The Balaban J connectivity index is 1.64. The summed E-state index contributed by atoms with van der Waals surface area (Å²) in [6.45, 7) is 1.37. The van der Waals surface area contributed by atoms with Crippen molar-refractivity contribution in [3.05, 3.63) is 93.9 Å². The van der Waals surface area contributed by atoms with E-state index < -0.39 is 4.92 Å². The van der Waals surface area contributed by atoms with Crippen LogP contribution in [0.3, 0.4) is 0 Å². The molecule has 1 aliphatic heterocycles. The molecule has 1 unspecified atom stereocenters. The molecule has 1 aliphatic rings.